The second kappa shape index (κ2) is 6.49. The van der Waals surface area contributed by atoms with Crippen LogP contribution in [0.2, 0.25) is 0 Å². The Morgan fingerprint density at radius 2 is 1.81 bits per heavy atom. The van der Waals surface area contributed by atoms with Gasteiger partial charge in [-0.25, -0.2) is 0 Å². The first-order valence-corrected chi connectivity index (χ1v) is 8.94. The maximum absolute atomic E-state index is 13.0. The predicted molar refractivity (Wildman–Crippen MR) is 101 cm³/mol. The summed E-state index contributed by atoms with van der Waals surface area (Å²) in [5.41, 5.74) is -0.546. The predicted octanol–water partition coefficient (Wildman–Crippen LogP) is 1.87. The summed E-state index contributed by atoms with van der Waals surface area (Å²) in [7, 11) is 0. The van der Waals surface area contributed by atoms with Gasteiger partial charge >= 0.3 is 0 Å². The van der Waals surface area contributed by atoms with Gasteiger partial charge in [-0.05, 0) is 32.4 Å². The highest BCUT2D eigenvalue weighted by atomic mass is 16.3. The number of carbonyl (C=O) groups is 1. The van der Waals surface area contributed by atoms with Gasteiger partial charge in [0.25, 0.3) is 11.5 Å². The molecule has 0 bridgehead atoms. The Morgan fingerprint density at radius 3 is 2.41 bits per heavy atom. The molecule has 1 atom stereocenters. The third kappa shape index (κ3) is 3.47. The molecule has 0 saturated carbocycles. The molecule has 0 unspecified atom stereocenters. The van der Waals surface area contributed by atoms with Crippen LogP contribution in [0.15, 0.2) is 35.1 Å². The van der Waals surface area contributed by atoms with Crippen LogP contribution in [0.5, 0.6) is 5.75 Å². The van der Waals surface area contributed by atoms with Crippen LogP contribution in [-0.4, -0.2) is 49.5 Å². The van der Waals surface area contributed by atoms with Crippen LogP contribution in [0.4, 0.5) is 0 Å². The van der Waals surface area contributed by atoms with E-state index in [2.05, 4.69) is 5.10 Å². The van der Waals surface area contributed by atoms with Crippen LogP contribution in [0.3, 0.4) is 0 Å². The molecule has 1 saturated heterocycles. The first-order valence-electron chi connectivity index (χ1n) is 8.94. The van der Waals surface area contributed by atoms with Gasteiger partial charge in [-0.3, -0.25) is 9.59 Å². The average molecular weight is 371 g/mol. The van der Waals surface area contributed by atoms with Crippen molar-refractivity contribution in [2.45, 2.75) is 39.7 Å². The lowest BCUT2D eigenvalue weighted by molar-refractivity contribution is -0.0972. The molecule has 1 fully saturated rings. The Bertz CT molecular complexity index is 929. The van der Waals surface area contributed by atoms with Gasteiger partial charge in [-0.2, -0.15) is 9.78 Å². The fourth-order valence-electron chi connectivity index (χ4n) is 3.21. The molecular weight excluding hydrogens is 346 g/mol. The number of piperidine rings is 1. The maximum Gasteiger partial charge on any atom is 0.278 e. The minimum Gasteiger partial charge on any atom is -0.505 e. The normalized spacial score (nSPS) is 21.9. The van der Waals surface area contributed by atoms with E-state index in [4.69, 9.17) is 0 Å². The summed E-state index contributed by atoms with van der Waals surface area (Å²) >= 11 is 0. The Balaban J connectivity index is 1.97. The highest BCUT2D eigenvalue weighted by molar-refractivity contribution is 5.94. The SMILES string of the molecule is Cc1ccc(-n2nc(C(=O)N3CC[C@@](C)(O)C(C)(C)C3)c(O)cc2=O)cc1. The second-order valence-electron chi connectivity index (χ2n) is 8.10. The standard InChI is InChI=1S/C20H25N3O4/c1-13-5-7-14(8-6-13)23-16(25)11-15(24)17(21-23)18(26)22-10-9-20(4,27)19(2,3)12-22/h5-8,11,24,27H,9-10,12H2,1-4H3/t20-/m1/s1. The molecule has 2 N–H and O–H groups in total. The van der Waals surface area contributed by atoms with Crippen molar-refractivity contribution in [1.82, 2.24) is 14.7 Å². The van der Waals surface area contributed by atoms with Crippen molar-refractivity contribution in [2.75, 3.05) is 13.1 Å². The van der Waals surface area contributed by atoms with Gasteiger partial charge in [0.2, 0.25) is 0 Å². The van der Waals surface area contributed by atoms with Crippen LogP contribution < -0.4 is 5.56 Å². The van der Waals surface area contributed by atoms with Crippen molar-refractivity contribution >= 4 is 5.91 Å². The topological polar surface area (TPSA) is 95.7 Å². The maximum atomic E-state index is 13.0. The number of hydrogen-bond acceptors (Lipinski definition) is 5. The third-order valence-corrected chi connectivity index (χ3v) is 5.59. The fraction of sp³-hybridized carbons (Fsp3) is 0.450. The molecule has 1 amide bonds. The average Bonchev–Trinajstić information content (AvgIpc) is 2.58. The minimum absolute atomic E-state index is 0.174. The molecule has 2 aromatic rings. The first kappa shape index (κ1) is 19.1. The molecule has 144 valence electrons. The van der Waals surface area contributed by atoms with Crippen molar-refractivity contribution in [2.24, 2.45) is 5.41 Å². The minimum atomic E-state index is -0.889. The van der Waals surface area contributed by atoms with Crippen molar-refractivity contribution in [3.8, 4) is 11.4 Å². The van der Waals surface area contributed by atoms with Crippen LogP contribution in [0, 0.1) is 12.3 Å². The molecule has 0 radical (unpaired) electrons. The number of hydrogen-bond donors (Lipinski definition) is 2. The lowest BCUT2D eigenvalue weighted by Crippen LogP contribution is -2.57. The number of aliphatic hydroxyl groups is 1. The summed E-state index contributed by atoms with van der Waals surface area (Å²) < 4.78 is 1.11. The largest absolute Gasteiger partial charge is 0.505 e. The molecule has 27 heavy (non-hydrogen) atoms. The quantitative estimate of drug-likeness (QED) is 0.840. The number of benzene rings is 1. The molecule has 2 heterocycles. The Kier molecular flexibility index (Phi) is 4.59. The molecule has 3 rings (SSSR count). The second-order valence-corrected chi connectivity index (χ2v) is 8.10. The van der Waals surface area contributed by atoms with Gasteiger partial charge in [0.1, 0.15) is 0 Å². The molecular formula is C20H25N3O4. The molecule has 7 nitrogen and oxygen atoms in total. The van der Waals surface area contributed by atoms with Gasteiger partial charge < -0.3 is 15.1 Å². The number of carbonyl (C=O) groups excluding carboxylic acids is 1. The number of aryl methyl sites for hydroxylation is 1. The first-order chi connectivity index (χ1) is 12.5. The van der Waals surface area contributed by atoms with E-state index >= 15 is 0 Å². The third-order valence-electron chi connectivity index (χ3n) is 5.59. The Morgan fingerprint density at radius 1 is 1.19 bits per heavy atom. The summed E-state index contributed by atoms with van der Waals surface area (Å²) in [6, 6.07) is 8.15. The number of aromatic nitrogens is 2. The fourth-order valence-corrected chi connectivity index (χ4v) is 3.21. The van der Waals surface area contributed by atoms with Crippen molar-refractivity contribution < 1.29 is 15.0 Å². The Labute approximate surface area is 157 Å². The molecule has 1 aliphatic heterocycles. The van der Waals surface area contributed by atoms with Gasteiger partial charge in [-0.1, -0.05) is 31.5 Å². The van der Waals surface area contributed by atoms with E-state index in [0.29, 0.717) is 25.2 Å². The van der Waals surface area contributed by atoms with Crippen LogP contribution >= 0.6 is 0 Å². The van der Waals surface area contributed by atoms with E-state index in [1.165, 1.54) is 0 Å². The summed E-state index contributed by atoms with van der Waals surface area (Å²) in [6.07, 6.45) is 0.421. The highest BCUT2D eigenvalue weighted by Crippen LogP contribution is 2.38. The lowest BCUT2D eigenvalue weighted by atomic mass is 9.71. The molecule has 0 aliphatic carbocycles. The zero-order valence-electron chi connectivity index (χ0n) is 16.1. The van der Waals surface area contributed by atoms with Crippen molar-refractivity contribution in [1.29, 1.82) is 0 Å². The van der Waals surface area contributed by atoms with E-state index < -0.39 is 28.2 Å². The summed E-state index contributed by atoms with van der Waals surface area (Å²) in [6.45, 7) is 8.16. The van der Waals surface area contributed by atoms with Crippen LogP contribution in [-0.2, 0) is 0 Å². The number of nitrogens with zero attached hydrogens (tertiary/aromatic N) is 3. The Hall–Kier alpha value is -2.67. The summed E-state index contributed by atoms with van der Waals surface area (Å²) in [5.74, 6) is -0.902. The molecule has 0 spiro atoms. The van der Waals surface area contributed by atoms with E-state index in [9.17, 15) is 19.8 Å². The molecule has 7 heteroatoms. The summed E-state index contributed by atoms with van der Waals surface area (Å²) in [5, 5.41) is 24.8. The van der Waals surface area contributed by atoms with E-state index in [0.717, 1.165) is 16.3 Å². The molecule has 1 aromatic heterocycles. The van der Waals surface area contributed by atoms with E-state index in [1.54, 1.807) is 24.0 Å². The zero-order valence-corrected chi connectivity index (χ0v) is 16.1. The van der Waals surface area contributed by atoms with Gasteiger partial charge in [0.15, 0.2) is 11.4 Å². The van der Waals surface area contributed by atoms with Crippen LogP contribution in [0.25, 0.3) is 5.69 Å². The van der Waals surface area contributed by atoms with Crippen LogP contribution in [0.1, 0.15) is 43.2 Å². The zero-order chi connectivity index (χ0) is 20.0. The smallest absolute Gasteiger partial charge is 0.278 e. The number of rotatable bonds is 2. The monoisotopic (exact) mass is 371 g/mol. The number of aromatic hydroxyl groups is 1. The molecule has 1 aromatic carbocycles. The summed E-state index contributed by atoms with van der Waals surface area (Å²) in [4.78, 5) is 26.8. The highest BCUT2D eigenvalue weighted by Gasteiger charge is 2.45. The number of amides is 1. The van der Waals surface area contributed by atoms with E-state index in [1.807, 2.05) is 32.9 Å². The van der Waals surface area contributed by atoms with Crippen molar-refractivity contribution in [3.63, 3.8) is 0 Å². The van der Waals surface area contributed by atoms with Gasteiger partial charge in [0.05, 0.1) is 11.3 Å². The van der Waals surface area contributed by atoms with E-state index in [-0.39, 0.29) is 5.69 Å². The van der Waals surface area contributed by atoms with Crippen molar-refractivity contribution in [3.05, 3.63) is 51.9 Å². The molecule has 1 aliphatic rings. The van der Waals surface area contributed by atoms with Gasteiger partial charge in [0, 0.05) is 24.6 Å². The lowest BCUT2D eigenvalue weighted by Gasteiger charge is -2.48. The van der Waals surface area contributed by atoms with Gasteiger partial charge in [-0.15, -0.1) is 0 Å². The number of likely N-dealkylation sites (tertiary alicyclic amines) is 1.